The first-order valence-electron chi connectivity index (χ1n) is 3.29. The topological polar surface area (TPSA) is 66.6 Å². The number of fused-ring (bicyclic) bond motifs is 1. The van der Waals surface area contributed by atoms with Crippen LogP contribution in [0.4, 0.5) is 0 Å². The van der Waals surface area contributed by atoms with E-state index in [9.17, 15) is 4.79 Å². The van der Waals surface area contributed by atoms with Crippen LogP contribution in [0.1, 0.15) is 0 Å². The molecule has 2 aliphatic heterocycles. The molecule has 5 heteroatoms. The smallest absolute Gasteiger partial charge is 0.247 e. The summed E-state index contributed by atoms with van der Waals surface area (Å²) in [7, 11) is 0. The van der Waals surface area contributed by atoms with Crippen LogP contribution in [0, 0.1) is 0 Å². The zero-order valence-corrected chi connectivity index (χ0v) is 6.54. The number of amides is 1. The summed E-state index contributed by atoms with van der Waals surface area (Å²) in [6, 6.07) is -0.371. The SMILES string of the molecule is NC1C(=O)N2C=C(O)CS[C@@H]12. The predicted molar refractivity (Wildman–Crippen MR) is 41.8 cm³/mol. The number of thioether (sulfide) groups is 1. The number of nitrogens with two attached hydrogens (primary N) is 1. The predicted octanol–water partition coefficient (Wildman–Crippen LogP) is -0.372. The van der Waals surface area contributed by atoms with E-state index in [2.05, 4.69) is 0 Å². The Morgan fingerprint density at radius 2 is 2.55 bits per heavy atom. The number of nitrogens with zero attached hydrogens (tertiary/aromatic N) is 1. The minimum atomic E-state index is -0.371. The molecule has 11 heavy (non-hydrogen) atoms. The Labute approximate surface area is 68.0 Å². The molecule has 2 atom stereocenters. The normalized spacial score (nSPS) is 35.9. The number of aliphatic hydroxyl groups excluding tert-OH is 1. The van der Waals surface area contributed by atoms with Gasteiger partial charge in [-0.2, -0.15) is 0 Å². The minimum absolute atomic E-state index is 0.0541. The highest BCUT2D eigenvalue weighted by Gasteiger charge is 2.46. The van der Waals surface area contributed by atoms with E-state index in [-0.39, 0.29) is 23.1 Å². The van der Waals surface area contributed by atoms with Gasteiger partial charge in [0.1, 0.15) is 17.2 Å². The van der Waals surface area contributed by atoms with Crippen molar-refractivity contribution in [1.82, 2.24) is 4.90 Å². The van der Waals surface area contributed by atoms with Crippen molar-refractivity contribution >= 4 is 17.7 Å². The number of rotatable bonds is 0. The highest BCUT2D eigenvalue weighted by Crippen LogP contribution is 2.33. The lowest BCUT2D eigenvalue weighted by Gasteiger charge is -2.44. The minimum Gasteiger partial charge on any atom is -0.510 e. The molecule has 0 aliphatic carbocycles. The Bertz CT molecular complexity index is 241. The van der Waals surface area contributed by atoms with Crippen LogP contribution in [-0.2, 0) is 4.79 Å². The molecule has 0 aromatic carbocycles. The lowest BCUT2D eigenvalue weighted by molar-refractivity contribution is -0.140. The summed E-state index contributed by atoms with van der Waals surface area (Å²) >= 11 is 1.49. The molecule has 0 bridgehead atoms. The van der Waals surface area contributed by atoms with Gasteiger partial charge in [-0.25, -0.2) is 0 Å². The van der Waals surface area contributed by atoms with Crippen LogP contribution in [0.5, 0.6) is 0 Å². The number of hydrogen-bond acceptors (Lipinski definition) is 4. The van der Waals surface area contributed by atoms with Gasteiger partial charge in [0.2, 0.25) is 5.91 Å². The first-order valence-corrected chi connectivity index (χ1v) is 4.34. The van der Waals surface area contributed by atoms with Crippen molar-refractivity contribution in [1.29, 1.82) is 0 Å². The van der Waals surface area contributed by atoms with E-state index in [1.807, 2.05) is 0 Å². The zero-order valence-electron chi connectivity index (χ0n) is 5.73. The van der Waals surface area contributed by atoms with Gasteiger partial charge in [-0.3, -0.25) is 9.69 Å². The quantitative estimate of drug-likeness (QED) is 0.489. The molecule has 0 aromatic rings. The Balaban J connectivity index is 2.20. The van der Waals surface area contributed by atoms with Gasteiger partial charge in [0.25, 0.3) is 0 Å². The number of hydrogen-bond donors (Lipinski definition) is 2. The molecule has 2 rings (SSSR count). The van der Waals surface area contributed by atoms with Gasteiger partial charge in [0.05, 0.1) is 5.75 Å². The highest BCUT2D eigenvalue weighted by molar-refractivity contribution is 8.00. The van der Waals surface area contributed by atoms with Gasteiger partial charge in [0.15, 0.2) is 0 Å². The second kappa shape index (κ2) is 2.15. The zero-order chi connectivity index (χ0) is 8.01. The largest absolute Gasteiger partial charge is 0.510 e. The van der Waals surface area contributed by atoms with Crippen molar-refractivity contribution in [2.45, 2.75) is 11.4 Å². The summed E-state index contributed by atoms with van der Waals surface area (Å²) in [5.41, 5.74) is 5.50. The molecule has 0 aromatic heterocycles. The van der Waals surface area contributed by atoms with E-state index in [1.165, 1.54) is 22.9 Å². The van der Waals surface area contributed by atoms with Gasteiger partial charge < -0.3 is 10.8 Å². The first kappa shape index (κ1) is 7.00. The van der Waals surface area contributed by atoms with Gasteiger partial charge in [0, 0.05) is 6.20 Å². The fraction of sp³-hybridized carbons (Fsp3) is 0.500. The Morgan fingerprint density at radius 3 is 3.27 bits per heavy atom. The molecule has 1 amide bonds. The lowest BCUT2D eigenvalue weighted by atomic mass is 10.1. The van der Waals surface area contributed by atoms with Crippen LogP contribution in [0.2, 0.25) is 0 Å². The maximum absolute atomic E-state index is 11.0. The maximum atomic E-state index is 11.0. The molecule has 60 valence electrons. The van der Waals surface area contributed by atoms with Crippen molar-refractivity contribution < 1.29 is 9.90 Å². The number of β-lactam (4-membered cyclic amide) rings is 1. The van der Waals surface area contributed by atoms with E-state index < -0.39 is 0 Å². The van der Waals surface area contributed by atoms with Gasteiger partial charge >= 0.3 is 0 Å². The van der Waals surface area contributed by atoms with E-state index in [0.29, 0.717) is 5.75 Å². The van der Waals surface area contributed by atoms with Gasteiger partial charge in [-0.15, -0.1) is 11.8 Å². The van der Waals surface area contributed by atoms with Crippen LogP contribution in [0.3, 0.4) is 0 Å². The average molecular weight is 172 g/mol. The van der Waals surface area contributed by atoms with Crippen LogP contribution in [0.15, 0.2) is 12.0 Å². The molecule has 2 heterocycles. The Kier molecular flexibility index (Phi) is 1.37. The summed E-state index contributed by atoms with van der Waals surface area (Å²) in [5.74, 6) is 0.697. The third kappa shape index (κ3) is 0.844. The summed E-state index contributed by atoms with van der Waals surface area (Å²) in [6.07, 6.45) is 1.47. The summed E-state index contributed by atoms with van der Waals surface area (Å²) in [4.78, 5) is 12.5. The molecule has 1 fully saturated rings. The average Bonchev–Trinajstić information content (AvgIpc) is 2.03. The van der Waals surface area contributed by atoms with Crippen LogP contribution >= 0.6 is 11.8 Å². The molecule has 4 nitrogen and oxygen atoms in total. The number of carbonyl (C=O) groups is 1. The van der Waals surface area contributed by atoms with E-state index in [4.69, 9.17) is 10.8 Å². The number of aliphatic hydroxyl groups is 1. The van der Waals surface area contributed by atoms with Gasteiger partial charge in [-0.05, 0) is 0 Å². The number of carbonyl (C=O) groups excluding carboxylic acids is 1. The third-order valence-corrected chi connectivity index (χ3v) is 3.14. The standard InChI is InChI=1S/C6H8N2O2S/c7-4-5(10)8-1-3(9)2-11-6(4)8/h1,4,6,9H,2,7H2/t4?,6-/m0/s1. The second-order valence-corrected chi connectivity index (χ2v) is 3.70. The van der Waals surface area contributed by atoms with Crippen molar-refractivity contribution in [3.63, 3.8) is 0 Å². The van der Waals surface area contributed by atoms with E-state index in [0.717, 1.165) is 0 Å². The highest BCUT2D eigenvalue weighted by atomic mass is 32.2. The molecule has 2 aliphatic rings. The summed E-state index contributed by atoms with van der Waals surface area (Å²) < 4.78 is 0. The molecular formula is C6H8N2O2S. The molecule has 0 saturated carbocycles. The Morgan fingerprint density at radius 1 is 1.82 bits per heavy atom. The molecule has 1 saturated heterocycles. The van der Waals surface area contributed by atoms with E-state index >= 15 is 0 Å². The summed E-state index contributed by atoms with van der Waals surface area (Å²) in [5, 5.41) is 9.09. The molecule has 3 N–H and O–H groups in total. The Hall–Kier alpha value is -0.680. The van der Waals surface area contributed by atoms with Crippen molar-refractivity contribution in [3.8, 4) is 0 Å². The first-order chi connectivity index (χ1) is 5.20. The van der Waals surface area contributed by atoms with Crippen molar-refractivity contribution in [2.24, 2.45) is 5.73 Å². The van der Waals surface area contributed by atoms with Gasteiger partial charge in [-0.1, -0.05) is 0 Å². The van der Waals surface area contributed by atoms with E-state index in [1.54, 1.807) is 0 Å². The van der Waals surface area contributed by atoms with Crippen LogP contribution in [0.25, 0.3) is 0 Å². The monoisotopic (exact) mass is 172 g/mol. The van der Waals surface area contributed by atoms with Crippen molar-refractivity contribution in [3.05, 3.63) is 12.0 Å². The van der Waals surface area contributed by atoms with Crippen LogP contribution in [-0.4, -0.2) is 33.1 Å². The molecule has 1 unspecified atom stereocenters. The maximum Gasteiger partial charge on any atom is 0.247 e. The molecule has 0 radical (unpaired) electrons. The molecule has 0 spiro atoms. The second-order valence-electron chi connectivity index (χ2n) is 2.59. The van der Waals surface area contributed by atoms with Crippen LogP contribution < -0.4 is 5.73 Å². The third-order valence-electron chi connectivity index (χ3n) is 1.81. The van der Waals surface area contributed by atoms with Crippen molar-refractivity contribution in [2.75, 3.05) is 5.75 Å². The molecular weight excluding hydrogens is 164 g/mol. The fourth-order valence-electron chi connectivity index (χ4n) is 1.20. The summed E-state index contributed by atoms with van der Waals surface area (Å²) in [6.45, 7) is 0. The fourth-order valence-corrected chi connectivity index (χ4v) is 2.27. The lowest BCUT2D eigenvalue weighted by Crippen LogP contribution is -2.65.